The molecule has 0 spiro atoms. The van der Waals surface area contributed by atoms with Crippen LogP contribution in [0.2, 0.25) is 0 Å². The van der Waals surface area contributed by atoms with Crippen molar-refractivity contribution in [3.05, 3.63) is 65.2 Å². The van der Waals surface area contributed by atoms with Crippen molar-refractivity contribution in [2.24, 2.45) is 0 Å². The fourth-order valence-electron chi connectivity index (χ4n) is 2.99. The Kier molecular flexibility index (Phi) is 7.02. The minimum absolute atomic E-state index is 0.822. The van der Waals surface area contributed by atoms with Crippen LogP contribution < -0.4 is 5.73 Å². The average molecular weight is 295 g/mol. The molecule has 118 valence electrons. The van der Waals surface area contributed by atoms with Crippen LogP contribution >= 0.6 is 0 Å². The summed E-state index contributed by atoms with van der Waals surface area (Å²) in [7, 11) is 0. The highest BCUT2D eigenvalue weighted by Gasteiger charge is 2.10. The van der Waals surface area contributed by atoms with E-state index in [0.29, 0.717) is 0 Å². The molecule has 1 nitrogen and oxygen atoms in total. The van der Waals surface area contributed by atoms with Gasteiger partial charge in [-0.1, -0.05) is 62.6 Å². The Balaban J connectivity index is 0.000000211. The number of para-hydroxylation sites is 1. The highest BCUT2D eigenvalue weighted by atomic mass is 14.5. The second kappa shape index (κ2) is 9.30. The fourth-order valence-corrected chi connectivity index (χ4v) is 2.99. The monoisotopic (exact) mass is 295 g/mol. The van der Waals surface area contributed by atoms with Gasteiger partial charge in [-0.05, 0) is 60.9 Å². The van der Waals surface area contributed by atoms with E-state index in [9.17, 15) is 0 Å². The maximum atomic E-state index is 5.36. The van der Waals surface area contributed by atoms with Crippen LogP contribution in [0.4, 0.5) is 5.69 Å². The molecule has 0 radical (unpaired) electrons. The molecule has 3 rings (SSSR count). The normalized spacial score (nSPS) is 12.4. The zero-order chi connectivity index (χ0) is 15.6. The maximum absolute atomic E-state index is 5.36. The number of anilines is 1. The van der Waals surface area contributed by atoms with Crippen molar-refractivity contribution < 1.29 is 0 Å². The predicted molar refractivity (Wildman–Crippen MR) is 97.2 cm³/mol. The second-order valence-electron chi connectivity index (χ2n) is 6.18. The van der Waals surface area contributed by atoms with E-state index in [-0.39, 0.29) is 0 Å². The van der Waals surface area contributed by atoms with Gasteiger partial charge in [-0.3, -0.25) is 0 Å². The molecule has 0 unspecified atom stereocenters. The van der Waals surface area contributed by atoms with E-state index in [0.717, 1.165) is 5.69 Å². The SMILES string of the molecule is CCCCCCc1ccc2c(c1)CCC2.Nc1ccccc1. The third kappa shape index (κ3) is 5.55. The summed E-state index contributed by atoms with van der Waals surface area (Å²) >= 11 is 0. The largest absolute Gasteiger partial charge is 0.399 e. The maximum Gasteiger partial charge on any atom is 0.0313 e. The number of nitrogens with two attached hydrogens (primary N) is 1. The lowest BCUT2D eigenvalue weighted by molar-refractivity contribution is 0.666. The molecule has 22 heavy (non-hydrogen) atoms. The van der Waals surface area contributed by atoms with Crippen molar-refractivity contribution in [1.82, 2.24) is 0 Å². The molecule has 2 aromatic carbocycles. The summed E-state index contributed by atoms with van der Waals surface area (Å²) in [6, 6.07) is 16.6. The quantitative estimate of drug-likeness (QED) is 0.566. The van der Waals surface area contributed by atoms with Gasteiger partial charge >= 0.3 is 0 Å². The van der Waals surface area contributed by atoms with Crippen LogP contribution in [0, 0.1) is 0 Å². The first-order valence-corrected chi connectivity index (χ1v) is 8.71. The lowest BCUT2D eigenvalue weighted by Gasteiger charge is -2.04. The molecule has 0 saturated carbocycles. The number of unbranched alkanes of at least 4 members (excludes halogenated alkanes) is 3. The van der Waals surface area contributed by atoms with Gasteiger partial charge in [-0.15, -0.1) is 0 Å². The molecule has 1 heteroatoms. The van der Waals surface area contributed by atoms with Crippen LogP contribution in [-0.2, 0) is 19.3 Å². The first-order valence-electron chi connectivity index (χ1n) is 8.71. The van der Waals surface area contributed by atoms with E-state index in [2.05, 4.69) is 25.1 Å². The number of rotatable bonds is 5. The Morgan fingerprint density at radius 2 is 1.64 bits per heavy atom. The van der Waals surface area contributed by atoms with Gasteiger partial charge in [0.25, 0.3) is 0 Å². The number of hydrogen-bond donors (Lipinski definition) is 1. The molecule has 1 aliphatic carbocycles. The first kappa shape index (κ1) is 16.6. The van der Waals surface area contributed by atoms with Gasteiger partial charge in [0.1, 0.15) is 0 Å². The summed E-state index contributed by atoms with van der Waals surface area (Å²) in [6.45, 7) is 2.27. The van der Waals surface area contributed by atoms with E-state index in [4.69, 9.17) is 5.73 Å². The van der Waals surface area contributed by atoms with E-state index < -0.39 is 0 Å². The van der Waals surface area contributed by atoms with Crippen molar-refractivity contribution in [3.8, 4) is 0 Å². The summed E-state index contributed by atoms with van der Waals surface area (Å²) < 4.78 is 0. The molecule has 0 heterocycles. The lowest BCUT2D eigenvalue weighted by Crippen LogP contribution is -1.89. The predicted octanol–water partition coefficient (Wildman–Crippen LogP) is 5.57. The standard InChI is InChI=1S/C15H22.C6H7N/c1-2-3-4-5-7-13-10-11-14-8-6-9-15(14)12-13;7-6-4-2-1-3-5-6/h10-12H,2-9H2,1H3;1-5H,7H2. The van der Waals surface area contributed by atoms with Gasteiger partial charge in [0, 0.05) is 5.69 Å². The van der Waals surface area contributed by atoms with Crippen LogP contribution in [0.15, 0.2) is 48.5 Å². The van der Waals surface area contributed by atoms with Crippen LogP contribution in [0.1, 0.15) is 55.7 Å². The Hall–Kier alpha value is -1.76. The van der Waals surface area contributed by atoms with Gasteiger partial charge in [-0.25, -0.2) is 0 Å². The number of nitrogen functional groups attached to an aromatic ring is 1. The summed E-state index contributed by atoms with van der Waals surface area (Å²) in [5.41, 5.74) is 11.0. The van der Waals surface area contributed by atoms with E-state index in [1.165, 1.54) is 51.4 Å². The van der Waals surface area contributed by atoms with Crippen molar-refractivity contribution in [2.45, 2.75) is 58.3 Å². The molecule has 0 fully saturated rings. The minimum atomic E-state index is 0.822. The van der Waals surface area contributed by atoms with E-state index in [1.54, 1.807) is 16.7 Å². The van der Waals surface area contributed by atoms with Crippen LogP contribution in [0.3, 0.4) is 0 Å². The number of benzene rings is 2. The first-order chi connectivity index (χ1) is 10.8. The average Bonchev–Trinajstić information content (AvgIpc) is 3.01. The molecular weight excluding hydrogens is 266 g/mol. The topological polar surface area (TPSA) is 26.0 Å². The molecule has 0 atom stereocenters. The Morgan fingerprint density at radius 1 is 0.864 bits per heavy atom. The Bertz CT molecular complexity index is 545. The summed E-state index contributed by atoms with van der Waals surface area (Å²) in [5.74, 6) is 0. The summed E-state index contributed by atoms with van der Waals surface area (Å²) in [5, 5.41) is 0. The molecule has 0 aromatic heterocycles. The molecular formula is C21H29N. The molecule has 0 amide bonds. The van der Waals surface area contributed by atoms with Crippen LogP contribution in [-0.4, -0.2) is 0 Å². The highest BCUT2D eigenvalue weighted by molar-refractivity contribution is 5.36. The van der Waals surface area contributed by atoms with Crippen LogP contribution in [0.25, 0.3) is 0 Å². The number of aryl methyl sites for hydroxylation is 3. The lowest BCUT2D eigenvalue weighted by atomic mass is 10.0. The third-order valence-electron chi connectivity index (χ3n) is 4.28. The van der Waals surface area contributed by atoms with Crippen molar-refractivity contribution in [2.75, 3.05) is 5.73 Å². The van der Waals surface area contributed by atoms with Gasteiger partial charge in [0.2, 0.25) is 0 Å². The van der Waals surface area contributed by atoms with Gasteiger partial charge in [0.05, 0.1) is 0 Å². The van der Waals surface area contributed by atoms with E-state index in [1.807, 2.05) is 30.3 Å². The zero-order valence-electron chi connectivity index (χ0n) is 13.9. The Labute approximate surface area is 135 Å². The molecule has 2 aromatic rings. The van der Waals surface area contributed by atoms with Gasteiger partial charge in [-0.2, -0.15) is 0 Å². The van der Waals surface area contributed by atoms with E-state index >= 15 is 0 Å². The van der Waals surface area contributed by atoms with Gasteiger partial charge in [0.15, 0.2) is 0 Å². The molecule has 0 saturated heterocycles. The zero-order valence-corrected chi connectivity index (χ0v) is 13.9. The van der Waals surface area contributed by atoms with Crippen molar-refractivity contribution >= 4 is 5.69 Å². The van der Waals surface area contributed by atoms with Gasteiger partial charge < -0.3 is 5.73 Å². The number of hydrogen-bond acceptors (Lipinski definition) is 1. The summed E-state index contributed by atoms with van der Waals surface area (Å²) in [4.78, 5) is 0. The second-order valence-corrected chi connectivity index (χ2v) is 6.18. The smallest absolute Gasteiger partial charge is 0.0313 e. The molecule has 2 N–H and O–H groups in total. The highest BCUT2D eigenvalue weighted by Crippen LogP contribution is 2.23. The minimum Gasteiger partial charge on any atom is -0.399 e. The van der Waals surface area contributed by atoms with Crippen LogP contribution in [0.5, 0.6) is 0 Å². The summed E-state index contributed by atoms with van der Waals surface area (Å²) in [6.07, 6.45) is 10.8. The molecule has 0 bridgehead atoms. The fraction of sp³-hybridized carbons (Fsp3) is 0.429. The third-order valence-corrected chi connectivity index (χ3v) is 4.28. The van der Waals surface area contributed by atoms with Crippen molar-refractivity contribution in [3.63, 3.8) is 0 Å². The molecule has 0 aliphatic heterocycles. The Morgan fingerprint density at radius 3 is 2.32 bits per heavy atom. The van der Waals surface area contributed by atoms with Crippen molar-refractivity contribution in [1.29, 1.82) is 0 Å². The molecule has 1 aliphatic rings. The number of fused-ring (bicyclic) bond motifs is 1.